The maximum Gasteiger partial charge on any atom is 0.0921 e. The maximum absolute atomic E-state index is 4.07. The van der Waals surface area contributed by atoms with Crippen LogP contribution in [0.1, 0.15) is 21.0 Å². The molecule has 2 aromatic rings. The number of nitrogens with zero attached hydrogens (tertiary/aromatic N) is 1. The van der Waals surface area contributed by atoms with Crippen molar-refractivity contribution in [3.05, 3.63) is 36.5 Å². The van der Waals surface area contributed by atoms with E-state index in [0.717, 1.165) is 16.6 Å². The molecule has 0 aliphatic heterocycles. The van der Waals surface area contributed by atoms with Crippen LogP contribution in [0.3, 0.4) is 0 Å². The smallest absolute Gasteiger partial charge is 0.0921 e. The molecule has 13 heavy (non-hydrogen) atoms. The average molecular weight is 176 g/mol. The molecule has 0 saturated heterocycles. The van der Waals surface area contributed by atoms with E-state index < -0.39 is 0 Å². The van der Waals surface area contributed by atoms with Gasteiger partial charge in [-0.15, -0.1) is 0 Å². The second kappa shape index (κ2) is 4.45. The Morgan fingerprint density at radius 3 is 2.77 bits per heavy atom. The molecule has 0 amide bonds. The van der Waals surface area contributed by atoms with Crippen LogP contribution in [0.15, 0.2) is 30.8 Å². The SMILES string of the molecule is C=Cc1n[nH]c2ccccc12.CC.[HH]. The lowest BCUT2D eigenvalue weighted by molar-refractivity contribution is 1.11. The van der Waals surface area contributed by atoms with Crippen molar-refractivity contribution < 1.29 is 1.43 Å². The molecule has 0 atom stereocenters. The van der Waals surface area contributed by atoms with Crippen LogP contribution in [0.2, 0.25) is 0 Å². The first-order valence-electron chi connectivity index (χ1n) is 4.47. The summed E-state index contributed by atoms with van der Waals surface area (Å²) in [5.41, 5.74) is 1.98. The Morgan fingerprint density at radius 1 is 1.38 bits per heavy atom. The molecule has 1 N–H and O–H groups in total. The standard InChI is InChI=1S/C9H8N2.C2H6.H2/c1-2-8-7-5-3-4-6-9(7)11-10-8;1-2;/h2-6H,1H2,(H,10,11);1-2H3;1H. The predicted octanol–water partition coefficient (Wildman–Crippen LogP) is 3.48. The minimum Gasteiger partial charge on any atom is -0.277 e. The molecule has 0 spiro atoms. The number of aromatic amines is 1. The number of fused-ring (bicyclic) bond motifs is 1. The second-order valence-corrected chi connectivity index (χ2v) is 2.36. The van der Waals surface area contributed by atoms with Crippen molar-refractivity contribution in [1.82, 2.24) is 10.2 Å². The molecule has 0 unspecified atom stereocenters. The molecule has 2 nitrogen and oxygen atoms in total. The summed E-state index contributed by atoms with van der Waals surface area (Å²) in [4.78, 5) is 0. The van der Waals surface area contributed by atoms with Crippen molar-refractivity contribution >= 4 is 17.0 Å². The number of H-pyrrole nitrogens is 1. The molecule has 0 bridgehead atoms. The maximum atomic E-state index is 4.07. The summed E-state index contributed by atoms with van der Waals surface area (Å²) >= 11 is 0. The van der Waals surface area contributed by atoms with Gasteiger partial charge >= 0.3 is 0 Å². The molecule has 1 aromatic carbocycles. The normalized spacial score (nSPS) is 9.08. The summed E-state index contributed by atoms with van der Waals surface area (Å²) in [5.74, 6) is 0. The quantitative estimate of drug-likeness (QED) is 0.708. The van der Waals surface area contributed by atoms with Crippen molar-refractivity contribution in [2.24, 2.45) is 0 Å². The predicted molar refractivity (Wildman–Crippen MR) is 59.6 cm³/mol. The molecule has 70 valence electrons. The Balaban J connectivity index is 0.000000531. The van der Waals surface area contributed by atoms with Gasteiger partial charge in [0.25, 0.3) is 0 Å². The van der Waals surface area contributed by atoms with E-state index in [9.17, 15) is 0 Å². The van der Waals surface area contributed by atoms with E-state index in [0.29, 0.717) is 0 Å². The summed E-state index contributed by atoms with van der Waals surface area (Å²) in [6.07, 6.45) is 1.75. The van der Waals surface area contributed by atoms with Gasteiger partial charge in [0.2, 0.25) is 0 Å². The molecular formula is C11H16N2. The van der Waals surface area contributed by atoms with Gasteiger partial charge in [-0.25, -0.2) is 0 Å². The van der Waals surface area contributed by atoms with Gasteiger partial charge in [0.05, 0.1) is 11.2 Å². The Kier molecular flexibility index (Phi) is 3.26. The zero-order valence-electron chi connectivity index (χ0n) is 8.04. The monoisotopic (exact) mass is 176 g/mol. The van der Waals surface area contributed by atoms with Crippen molar-refractivity contribution in [1.29, 1.82) is 0 Å². The third kappa shape index (κ3) is 1.78. The van der Waals surface area contributed by atoms with E-state index in [1.54, 1.807) is 6.08 Å². The third-order valence-electron chi connectivity index (χ3n) is 1.69. The first-order valence-corrected chi connectivity index (χ1v) is 4.47. The van der Waals surface area contributed by atoms with E-state index in [2.05, 4.69) is 16.8 Å². The van der Waals surface area contributed by atoms with Gasteiger partial charge < -0.3 is 0 Å². The fourth-order valence-corrected chi connectivity index (χ4v) is 1.14. The number of rotatable bonds is 1. The number of hydrogen-bond donors (Lipinski definition) is 1. The van der Waals surface area contributed by atoms with Crippen molar-refractivity contribution in [2.75, 3.05) is 0 Å². The fourth-order valence-electron chi connectivity index (χ4n) is 1.14. The molecule has 2 rings (SSSR count). The highest BCUT2D eigenvalue weighted by Gasteiger charge is 1.98. The number of nitrogens with one attached hydrogen (secondary N) is 1. The van der Waals surface area contributed by atoms with E-state index in [-0.39, 0.29) is 1.43 Å². The molecule has 2 heteroatoms. The Hall–Kier alpha value is -1.57. The van der Waals surface area contributed by atoms with Crippen LogP contribution in [0, 0.1) is 0 Å². The van der Waals surface area contributed by atoms with Gasteiger partial charge in [-0.3, -0.25) is 5.10 Å². The lowest BCUT2D eigenvalue weighted by atomic mass is 10.2. The van der Waals surface area contributed by atoms with E-state index in [1.165, 1.54) is 0 Å². The highest BCUT2D eigenvalue weighted by Crippen LogP contribution is 2.14. The summed E-state index contributed by atoms with van der Waals surface area (Å²) in [6.45, 7) is 7.67. The molecule has 1 heterocycles. The van der Waals surface area contributed by atoms with Crippen molar-refractivity contribution in [2.45, 2.75) is 13.8 Å². The summed E-state index contributed by atoms with van der Waals surface area (Å²) in [7, 11) is 0. The van der Waals surface area contributed by atoms with Gasteiger partial charge in [0.1, 0.15) is 0 Å². The number of benzene rings is 1. The van der Waals surface area contributed by atoms with Gasteiger partial charge in [-0.05, 0) is 12.1 Å². The number of para-hydroxylation sites is 1. The van der Waals surface area contributed by atoms with Crippen molar-refractivity contribution in [3.63, 3.8) is 0 Å². The number of hydrogen-bond acceptors (Lipinski definition) is 1. The van der Waals surface area contributed by atoms with E-state index >= 15 is 0 Å². The molecule has 0 saturated carbocycles. The topological polar surface area (TPSA) is 28.7 Å². The van der Waals surface area contributed by atoms with Gasteiger partial charge in [-0.1, -0.05) is 38.6 Å². The minimum absolute atomic E-state index is 0. The molecule has 0 radical (unpaired) electrons. The molecule has 1 aromatic heterocycles. The number of aromatic nitrogens is 2. The zero-order chi connectivity index (χ0) is 9.68. The zero-order valence-corrected chi connectivity index (χ0v) is 8.04. The highest BCUT2D eigenvalue weighted by atomic mass is 15.1. The third-order valence-corrected chi connectivity index (χ3v) is 1.69. The lowest BCUT2D eigenvalue weighted by Gasteiger charge is -1.85. The molecule has 0 aliphatic rings. The van der Waals surface area contributed by atoms with Crippen molar-refractivity contribution in [3.8, 4) is 0 Å². The second-order valence-electron chi connectivity index (χ2n) is 2.36. The summed E-state index contributed by atoms with van der Waals surface area (Å²) in [6, 6.07) is 7.99. The molecule has 0 aliphatic carbocycles. The van der Waals surface area contributed by atoms with Crippen LogP contribution in [-0.4, -0.2) is 10.2 Å². The van der Waals surface area contributed by atoms with Crippen LogP contribution in [0.4, 0.5) is 0 Å². The van der Waals surface area contributed by atoms with Crippen LogP contribution < -0.4 is 0 Å². The lowest BCUT2D eigenvalue weighted by Crippen LogP contribution is -1.68. The summed E-state index contributed by atoms with van der Waals surface area (Å²) < 4.78 is 0. The van der Waals surface area contributed by atoms with Crippen LogP contribution in [-0.2, 0) is 0 Å². The first-order chi connectivity index (χ1) is 6.42. The first kappa shape index (κ1) is 9.52. The van der Waals surface area contributed by atoms with E-state index in [1.807, 2.05) is 38.1 Å². The van der Waals surface area contributed by atoms with Crippen LogP contribution in [0.5, 0.6) is 0 Å². The van der Waals surface area contributed by atoms with Gasteiger partial charge in [0.15, 0.2) is 0 Å². The Bertz CT molecular complexity index is 393. The van der Waals surface area contributed by atoms with Crippen LogP contribution >= 0.6 is 0 Å². The van der Waals surface area contributed by atoms with Gasteiger partial charge in [0, 0.05) is 6.81 Å². The largest absolute Gasteiger partial charge is 0.277 e. The van der Waals surface area contributed by atoms with E-state index in [4.69, 9.17) is 0 Å². The molecule has 0 fully saturated rings. The van der Waals surface area contributed by atoms with Crippen LogP contribution in [0.25, 0.3) is 17.0 Å². The average Bonchev–Trinajstić information content (AvgIpc) is 2.64. The van der Waals surface area contributed by atoms with Gasteiger partial charge in [-0.2, -0.15) is 5.10 Å². The highest BCUT2D eigenvalue weighted by molar-refractivity contribution is 5.86. The molecular weight excluding hydrogens is 160 g/mol. The fraction of sp³-hybridized carbons (Fsp3) is 0.182. The minimum atomic E-state index is 0. The Morgan fingerprint density at radius 2 is 2.08 bits per heavy atom. The Labute approximate surface area is 79.8 Å². The summed E-state index contributed by atoms with van der Waals surface area (Å²) in [5, 5.41) is 8.12.